The minimum atomic E-state index is -0.378. The number of hydrogen-bond acceptors (Lipinski definition) is 4. The first-order chi connectivity index (χ1) is 11.1. The molecule has 3 N–H and O–H groups in total. The molecule has 2 fully saturated rings. The number of esters is 1. The Morgan fingerprint density at radius 2 is 1.74 bits per heavy atom. The van der Waals surface area contributed by atoms with Gasteiger partial charge in [-0.05, 0) is 61.8 Å². The van der Waals surface area contributed by atoms with Crippen LogP contribution in [0.1, 0.15) is 42.5 Å². The number of methoxy groups -OCH3 is 1. The number of hydrogen-bond donors (Lipinski definition) is 2. The van der Waals surface area contributed by atoms with Crippen LogP contribution in [0.2, 0.25) is 0 Å². The fraction of sp³-hybridized carbons (Fsp3) is 0.556. The van der Waals surface area contributed by atoms with Crippen molar-refractivity contribution in [2.45, 2.75) is 38.1 Å². The van der Waals surface area contributed by atoms with Crippen LogP contribution in [0.5, 0.6) is 0 Å². The first-order valence-electron chi connectivity index (χ1n) is 8.33. The smallest absolute Gasteiger partial charge is 0.337 e. The lowest BCUT2D eigenvalue weighted by atomic mass is 9.65. The minimum absolute atomic E-state index is 0.0467. The number of anilines is 1. The van der Waals surface area contributed by atoms with E-state index < -0.39 is 0 Å². The van der Waals surface area contributed by atoms with Gasteiger partial charge < -0.3 is 15.8 Å². The molecule has 5 heteroatoms. The summed E-state index contributed by atoms with van der Waals surface area (Å²) in [7, 11) is 1.35. The van der Waals surface area contributed by atoms with Crippen molar-refractivity contribution in [3.05, 3.63) is 29.8 Å². The number of nitrogens with two attached hydrogens (primary N) is 1. The average molecular weight is 316 g/mol. The van der Waals surface area contributed by atoms with Gasteiger partial charge in [0.25, 0.3) is 0 Å². The van der Waals surface area contributed by atoms with Gasteiger partial charge in [-0.3, -0.25) is 4.79 Å². The van der Waals surface area contributed by atoms with Gasteiger partial charge in [-0.1, -0.05) is 6.42 Å². The molecule has 0 aliphatic heterocycles. The first kappa shape index (κ1) is 16.0. The summed E-state index contributed by atoms with van der Waals surface area (Å²) in [5, 5.41) is 2.97. The van der Waals surface area contributed by atoms with Gasteiger partial charge in [0.05, 0.1) is 12.7 Å². The van der Waals surface area contributed by atoms with Gasteiger partial charge in [0, 0.05) is 17.6 Å². The second kappa shape index (κ2) is 6.71. The molecule has 2 unspecified atom stereocenters. The van der Waals surface area contributed by atoms with Crippen LogP contribution < -0.4 is 11.1 Å². The molecule has 1 aromatic rings. The highest BCUT2D eigenvalue weighted by atomic mass is 16.5. The molecule has 23 heavy (non-hydrogen) atoms. The van der Waals surface area contributed by atoms with Crippen LogP contribution >= 0.6 is 0 Å². The van der Waals surface area contributed by atoms with E-state index in [0.717, 1.165) is 25.7 Å². The van der Waals surface area contributed by atoms with Gasteiger partial charge in [-0.15, -0.1) is 0 Å². The lowest BCUT2D eigenvalue weighted by Gasteiger charge is -2.43. The summed E-state index contributed by atoms with van der Waals surface area (Å²) in [5.74, 6) is 0.710. The largest absolute Gasteiger partial charge is 0.465 e. The molecule has 5 nitrogen and oxygen atoms in total. The molecule has 0 spiro atoms. The van der Waals surface area contributed by atoms with Gasteiger partial charge in [-0.2, -0.15) is 0 Å². The molecule has 0 radical (unpaired) electrons. The normalized spacial score (nSPS) is 29.7. The molecule has 2 aliphatic rings. The monoisotopic (exact) mass is 316 g/mol. The first-order valence-corrected chi connectivity index (χ1v) is 8.33. The zero-order valence-electron chi connectivity index (χ0n) is 13.5. The van der Waals surface area contributed by atoms with Crippen molar-refractivity contribution in [1.29, 1.82) is 0 Å². The van der Waals surface area contributed by atoms with E-state index in [-0.39, 0.29) is 23.8 Å². The number of nitrogens with one attached hydrogen (secondary N) is 1. The van der Waals surface area contributed by atoms with E-state index in [1.165, 1.54) is 13.5 Å². The van der Waals surface area contributed by atoms with Gasteiger partial charge >= 0.3 is 5.97 Å². The quantitative estimate of drug-likeness (QED) is 0.840. The SMILES string of the molecule is COC(=O)c1ccc(NC(=O)C2CC3CCCC(C2)C3N)cc1. The van der Waals surface area contributed by atoms with Crippen LogP contribution in [0, 0.1) is 17.8 Å². The van der Waals surface area contributed by atoms with Crippen LogP contribution in [0.3, 0.4) is 0 Å². The highest BCUT2D eigenvalue weighted by molar-refractivity contribution is 5.94. The third-order valence-corrected chi connectivity index (χ3v) is 5.36. The molecule has 1 amide bonds. The highest BCUT2D eigenvalue weighted by Gasteiger charge is 2.40. The van der Waals surface area contributed by atoms with E-state index in [9.17, 15) is 9.59 Å². The van der Waals surface area contributed by atoms with Crippen LogP contribution in [0.4, 0.5) is 5.69 Å². The Morgan fingerprint density at radius 1 is 1.13 bits per heavy atom. The molecular weight excluding hydrogens is 292 g/mol. The molecule has 3 rings (SSSR count). The van der Waals surface area contributed by atoms with E-state index in [0.29, 0.717) is 23.1 Å². The topological polar surface area (TPSA) is 81.4 Å². The fourth-order valence-corrected chi connectivity index (χ4v) is 4.06. The van der Waals surface area contributed by atoms with Crippen molar-refractivity contribution in [2.24, 2.45) is 23.5 Å². The Bertz CT molecular complexity index is 570. The summed E-state index contributed by atoms with van der Waals surface area (Å²) in [5.41, 5.74) is 7.47. The van der Waals surface area contributed by atoms with E-state index in [4.69, 9.17) is 5.73 Å². The molecule has 2 aliphatic carbocycles. The maximum absolute atomic E-state index is 12.5. The van der Waals surface area contributed by atoms with E-state index in [2.05, 4.69) is 10.1 Å². The van der Waals surface area contributed by atoms with Crippen molar-refractivity contribution in [3.63, 3.8) is 0 Å². The van der Waals surface area contributed by atoms with Crippen LogP contribution in [0.25, 0.3) is 0 Å². The number of carbonyl (C=O) groups is 2. The van der Waals surface area contributed by atoms with Crippen molar-refractivity contribution in [2.75, 3.05) is 12.4 Å². The molecular formula is C18H24N2O3. The lowest BCUT2D eigenvalue weighted by Crippen LogP contribution is -2.48. The third kappa shape index (κ3) is 3.39. The lowest BCUT2D eigenvalue weighted by molar-refractivity contribution is -0.122. The predicted octanol–water partition coefficient (Wildman–Crippen LogP) is 2.57. The van der Waals surface area contributed by atoms with Gasteiger partial charge in [-0.25, -0.2) is 4.79 Å². The van der Waals surface area contributed by atoms with Crippen LogP contribution in [-0.4, -0.2) is 25.0 Å². The molecule has 0 aromatic heterocycles. The molecule has 1 aromatic carbocycles. The standard InChI is InChI=1S/C18H24N2O3/c1-23-18(22)11-5-7-15(8-6-11)20-17(21)14-9-12-3-2-4-13(10-14)16(12)19/h5-8,12-14,16H,2-4,9-10,19H2,1H3,(H,20,21). The van der Waals surface area contributed by atoms with Crippen LogP contribution in [0.15, 0.2) is 24.3 Å². The molecule has 0 saturated heterocycles. The fourth-order valence-electron chi connectivity index (χ4n) is 4.06. The van der Waals surface area contributed by atoms with Crippen molar-refractivity contribution >= 4 is 17.6 Å². The van der Waals surface area contributed by atoms with E-state index in [1.54, 1.807) is 24.3 Å². The average Bonchev–Trinajstić information content (AvgIpc) is 2.54. The Kier molecular flexibility index (Phi) is 4.66. The number of rotatable bonds is 3. The number of amides is 1. The number of benzene rings is 1. The molecule has 2 atom stereocenters. The van der Waals surface area contributed by atoms with Crippen molar-refractivity contribution in [1.82, 2.24) is 0 Å². The Labute approximate surface area is 136 Å². The number of carbonyl (C=O) groups excluding carboxylic acids is 2. The Hall–Kier alpha value is -1.88. The van der Waals surface area contributed by atoms with Gasteiger partial charge in [0.1, 0.15) is 0 Å². The van der Waals surface area contributed by atoms with E-state index >= 15 is 0 Å². The predicted molar refractivity (Wildman–Crippen MR) is 87.9 cm³/mol. The minimum Gasteiger partial charge on any atom is -0.465 e. The number of fused-ring (bicyclic) bond motifs is 2. The van der Waals surface area contributed by atoms with E-state index in [1.807, 2.05) is 0 Å². The van der Waals surface area contributed by atoms with Crippen molar-refractivity contribution in [3.8, 4) is 0 Å². The zero-order valence-corrected chi connectivity index (χ0v) is 13.5. The summed E-state index contributed by atoms with van der Waals surface area (Å²) in [6.07, 6.45) is 5.32. The molecule has 124 valence electrons. The van der Waals surface area contributed by atoms with Gasteiger partial charge in [0.15, 0.2) is 0 Å². The second-order valence-corrected chi connectivity index (χ2v) is 6.75. The molecule has 2 bridgehead atoms. The Morgan fingerprint density at radius 3 is 2.30 bits per heavy atom. The summed E-state index contributed by atoms with van der Waals surface area (Å²) in [4.78, 5) is 24.0. The van der Waals surface area contributed by atoms with Gasteiger partial charge in [0.2, 0.25) is 5.91 Å². The Balaban J connectivity index is 1.62. The van der Waals surface area contributed by atoms with Crippen LogP contribution in [-0.2, 0) is 9.53 Å². The highest BCUT2D eigenvalue weighted by Crippen LogP contribution is 2.42. The zero-order chi connectivity index (χ0) is 16.4. The maximum Gasteiger partial charge on any atom is 0.337 e. The summed E-state index contributed by atoms with van der Waals surface area (Å²) in [6, 6.07) is 7.06. The number of ether oxygens (including phenoxy) is 1. The second-order valence-electron chi connectivity index (χ2n) is 6.75. The summed E-state index contributed by atoms with van der Waals surface area (Å²) in [6.45, 7) is 0. The summed E-state index contributed by atoms with van der Waals surface area (Å²) >= 11 is 0. The summed E-state index contributed by atoms with van der Waals surface area (Å²) < 4.78 is 4.67. The third-order valence-electron chi connectivity index (χ3n) is 5.36. The maximum atomic E-state index is 12.5. The molecule has 0 heterocycles. The molecule has 2 saturated carbocycles. The van der Waals surface area contributed by atoms with Crippen molar-refractivity contribution < 1.29 is 14.3 Å².